The van der Waals surface area contributed by atoms with E-state index in [1.54, 1.807) is 0 Å². The number of carbonyl (C=O) groups excluding carboxylic acids is 1. The van der Waals surface area contributed by atoms with Gasteiger partial charge in [0.2, 0.25) is 0 Å². The third kappa shape index (κ3) is 4.66. The van der Waals surface area contributed by atoms with Crippen LogP contribution >= 0.6 is 0 Å². The second-order valence-electron chi connectivity index (χ2n) is 5.60. The molecule has 0 saturated heterocycles. The lowest BCUT2D eigenvalue weighted by molar-refractivity contribution is -0.116. The number of hydrogen-bond acceptors (Lipinski definition) is 1. The zero-order valence-electron chi connectivity index (χ0n) is 12.6. The van der Waals surface area contributed by atoms with Crippen LogP contribution in [-0.2, 0) is 4.79 Å². The van der Waals surface area contributed by atoms with Gasteiger partial charge in [-0.1, -0.05) is 49.0 Å². The van der Waals surface area contributed by atoms with Crippen molar-refractivity contribution in [2.24, 2.45) is 5.92 Å². The van der Waals surface area contributed by atoms with E-state index in [1.165, 1.54) is 5.57 Å². The number of carbonyl (C=O) groups is 1. The summed E-state index contributed by atoms with van der Waals surface area (Å²) in [7, 11) is 0. The number of allylic oxidation sites excluding steroid dienone is 6. The summed E-state index contributed by atoms with van der Waals surface area (Å²) in [4.78, 5) is 12.2. The SMILES string of the molecule is C=C(C)C=CCCC1=C(CC)C(=O)C[C@@H](C(=C)C)C1. The third-order valence-electron chi connectivity index (χ3n) is 3.75. The van der Waals surface area contributed by atoms with Crippen molar-refractivity contribution in [3.05, 3.63) is 47.6 Å². The van der Waals surface area contributed by atoms with Crippen molar-refractivity contribution in [2.75, 3.05) is 0 Å². The molecular formula is C18H26O. The van der Waals surface area contributed by atoms with Gasteiger partial charge in [0, 0.05) is 6.42 Å². The summed E-state index contributed by atoms with van der Waals surface area (Å²) in [5, 5.41) is 0. The Morgan fingerprint density at radius 3 is 2.53 bits per heavy atom. The maximum atomic E-state index is 12.2. The van der Waals surface area contributed by atoms with E-state index in [2.05, 4.69) is 26.2 Å². The Hall–Kier alpha value is -1.37. The van der Waals surface area contributed by atoms with E-state index in [0.717, 1.165) is 42.4 Å². The van der Waals surface area contributed by atoms with E-state index in [4.69, 9.17) is 0 Å². The van der Waals surface area contributed by atoms with Crippen molar-refractivity contribution in [3.63, 3.8) is 0 Å². The summed E-state index contributed by atoms with van der Waals surface area (Å²) in [6.45, 7) is 14.0. The summed E-state index contributed by atoms with van der Waals surface area (Å²) in [6.07, 6.45) is 8.71. The van der Waals surface area contributed by atoms with Crippen molar-refractivity contribution >= 4 is 5.78 Å². The first-order valence-electron chi connectivity index (χ1n) is 7.17. The van der Waals surface area contributed by atoms with Crippen LogP contribution in [0.4, 0.5) is 0 Å². The Morgan fingerprint density at radius 1 is 1.32 bits per heavy atom. The first-order valence-corrected chi connectivity index (χ1v) is 7.17. The van der Waals surface area contributed by atoms with Crippen molar-refractivity contribution < 1.29 is 4.79 Å². The summed E-state index contributed by atoms with van der Waals surface area (Å²) in [5.41, 5.74) is 4.63. The lowest BCUT2D eigenvalue weighted by atomic mass is 9.78. The van der Waals surface area contributed by atoms with E-state index in [1.807, 2.05) is 19.9 Å². The molecule has 0 aliphatic heterocycles. The topological polar surface area (TPSA) is 17.1 Å². The monoisotopic (exact) mass is 258 g/mol. The highest BCUT2D eigenvalue weighted by atomic mass is 16.1. The molecule has 0 spiro atoms. The molecule has 0 bridgehead atoms. The summed E-state index contributed by atoms with van der Waals surface area (Å²) >= 11 is 0. The minimum absolute atomic E-state index is 0.334. The average Bonchev–Trinajstić information content (AvgIpc) is 2.33. The minimum atomic E-state index is 0.334. The molecule has 1 aliphatic carbocycles. The highest BCUT2D eigenvalue weighted by Crippen LogP contribution is 2.34. The van der Waals surface area contributed by atoms with E-state index in [-0.39, 0.29) is 0 Å². The van der Waals surface area contributed by atoms with Gasteiger partial charge < -0.3 is 0 Å². The van der Waals surface area contributed by atoms with Gasteiger partial charge in [0.15, 0.2) is 5.78 Å². The van der Waals surface area contributed by atoms with Crippen LogP contribution < -0.4 is 0 Å². The second kappa shape index (κ2) is 7.28. The smallest absolute Gasteiger partial charge is 0.159 e. The molecule has 0 N–H and O–H groups in total. The highest BCUT2D eigenvalue weighted by Gasteiger charge is 2.26. The molecule has 1 heteroatoms. The van der Waals surface area contributed by atoms with Gasteiger partial charge in [-0.2, -0.15) is 0 Å². The molecule has 0 aromatic carbocycles. The van der Waals surface area contributed by atoms with Gasteiger partial charge >= 0.3 is 0 Å². The quantitative estimate of drug-likeness (QED) is 0.475. The fourth-order valence-corrected chi connectivity index (χ4v) is 2.63. The Balaban J connectivity index is 2.77. The Kier molecular flexibility index (Phi) is 6.01. The molecule has 1 rings (SSSR count). The summed E-state index contributed by atoms with van der Waals surface area (Å²) < 4.78 is 0. The number of hydrogen-bond donors (Lipinski definition) is 0. The summed E-state index contributed by atoms with van der Waals surface area (Å²) in [6, 6.07) is 0. The van der Waals surface area contributed by atoms with Gasteiger partial charge in [0.05, 0.1) is 0 Å². The van der Waals surface area contributed by atoms with Crippen LogP contribution in [0.1, 0.15) is 52.9 Å². The lowest BCUT2D eigenvalue weighted by Gasteiger charge is -2.26. The Morgan fingerprint density at radius 2 is 2.00 bits per heavy atom. The van der Waals surface area contributed by atoms with Crippen molar-refractivity contribution in [3.8, 4) is 0 Å². The minimum Gasteiger partial charge on any atom is -0.295 e. The molecule has 0 heterocycles. The van der Waals surface area contributed by atoms with Crippen LogP contribution in [0.15, 0.2) is 47.6 Å². The molecule has 19 heavy (non-hydrogen) atoms. The van der Waals surface area contributed by atoms with Crippen LogP contribution in [0.25, 0.3) is 0 Å². The summed E-state index contributed by atoms with van der Waals surface area (Å²) in [5.74, 6) is 0.684. The van der Waals surface area contributed by atoms with Crippen LogP contribution in [-0.4, -0.2) is 5.78 Å². The zero-order chi connectivity index (χ0) is 14.4. The predicted molar refractivity (Wildman–Crippen MR) is 83.1 cm³/mol. The fraction of sp³-hybridized carbons (Fsp3) is 0.500. The largest absolute Gasteiger partial charge is 0.295 e. The van der Waals surface area contributed by atoms with E-state index < -0.39 is 0 Å². The van der Waals surface area contributed by atoms with Crippen LogP contribution in [0.2, 0.25) is 0 Å². The second-order valence-corrected chi connectivity index (χ2v) is 5.60. The molecule has 1 atom stereocenters. The van der Waals surface area contributed by atoms with Gasteiger partial charge in [-0.25, -0.2) is 0 Å². The molecule has 1 aliphatic rings. The van der Waals surface area contributed by atoms with Crippen molar-refractivity contribution in [1.82, 2.24) is 0 Å². The number of ketones is 1. The van der Waals surface area contributed by atoms with E-state index in [0.29, 0.717) is 18.1 Å². The van der Waals surface area contributed by atoms with Gasteiger partial charge in [0.1, 0.15) is 0 Å². The van der Waals surface area contributed by atoms with E-state index >= 15 is 0 Å². The van der Waals surface area contributed by atoms with Gasteiger partial charge in [-0.3, -0.25) is 4.79 Å². The normalized spacial score (nSPS) is 20.2. The number of Topliss-reactive ketones (excluding diaryl/α,β-unsaturated/α-hetero) is 1. The first kappa shape index (κ1) is 15.7. The van der Waals surface area contributed by atoms with Crippen LogP contribution in [0, 0.1) is 5.92 Å². The highest BCUT2D eigenvalue weighted by molar-refractivity contribution is 5.97. The lowest BCUT2D eigenvalue weighted by Crippen LogP contribution is -2.20. The van der Waals surface area contributed by atoms with Crippen molar-refractivity contribution in [2.45, 2.75) is 52.9 Å². The number of rotatable bonds is 6. The zero-order valence-corrected chi connectivity index (χ0v) is 12.6. The molecule has 0 unspecified atom stereocenters. The standard InChI is InChI=1S/C18H26O/c1-6-17-15(10-8-7-9-13(2)3)11-16(14(4)5)12-18(17)19/h7,9,16H,2,4,6,8,10-12H2,1,3,5H3/t16-/m0/s1. The van der Waals surface area contributed by atoms with Gasteiger partial charge in [0.25, 0.3) is 0 Å². The Bertz CT molecular complexity index is 435. The van der Waals surface area contributed by atoms with Gasteiger partial charge in [-0.15, -0.1) is 0 Å². The van der Waals surface area contributed by atoms with Crippen LogP contribution in [0.3, 0.4) is 0 Å². The molecule has 0 aromatic rings. The molecule has 0 aromatic heterocycles. The molecule has 0 amide bonds. The maximum Gasteiger partial charge on any atom is 0.159 e. The molecule has 104 valence electrons. The third-order valence-corrected chi connectivity index (χ3v) is 3.75. The van der Waals surface area contributed by atoms with Crippen molar-refractivity contribution in [1.29, 1.82) is 0 Å². The molecule has 0 radical (unpaired) electrons. The fourth-order valence-electron chi connectivity index (χ4n) is 2.63. The predicted octanol–water partition coefficient (Wildman–Crippen LogP) is 5.16. The van der Waals surface area contributed by atoms with Gasteiger partial charge in [-0.05, 0) is 51.0 Å². The first-order chi connectivity index (χ1) is 8.95. The molecule has 0 saturated carbocycles. The Labute approximate surface area is 117 Å². The molecular weight excluding hydrogens is 232 g/mol. The maximum absolute atomic E-state index is 12.2. The molecule has 0 fully saturated rings. The van der Waals surface area contributed by atoms with E-state index in [9.17, 15) is 4.79 Å². The molecule has 1 nitrogen and oxygen atoms in total. The average molecular weight is 258 g/mol. The van der Waals surface area contributed by atoms with Crippen LogP contribution in [0.5, 0.6) is 0 Å².